The molecule has 4 heteroatoms. The minimum Gasteiger partial charge on any atom is -0.469 e. The van der Waals surface area contributed by atoms with Crippen molar-refractivity contribution in [3.05, 3.63) is 34.8 Å². The Morgan fingerprint density at radius 2 is 2.17 bits per heavy atom. The summed E-state index contributed by atoms with van der Waals surface area (Å²) in [5.41, 5.74) is 2.34. The minimum absolute atomic E-state index is 0.0578. The monoisotopic (exact) mass is 332 g/mol. The van der Waals surface area contributed by atoms with Gasteiger partial charge in [-0.2, -0.15) is 0 Å². The Labute approximate surface area is 143 Å². The molecule has 1 heterocycles. The molecule has 1 aromatic heterocycles. The van der Waals surface area contributed by atoms with E-state index in [1.165, 1.54) is 0 Å². The van der Waals surface area contributed by atoms with Gasteiger partial charge in [-0.25, -0.2) is 4.79 Å². The van der Waals surface area contributed by atoms with E-state index in [2.05, 4.69) is 13.8 Å². The lowest BCUT2D eigenvalue weighted by Gasteiger charge is -2.54. The fraction of sp³-hybridized carbons (Fsp3) is 0.650. The highest BCUT2D eigenvalue weighted by molar-refractivity contribution is 5.87. The number of fused-ring (bicyclic) bond motifs is 2. The molecular formula is C20H28O4. The zero-order chi connectivity index (χ0) is 17.6. The van der Waals surface area contributed by atoms with Crippen molar-refractivity contribution in [3.8, 4) is 0 Å². The van der Waals surface area contributed by atoms with Crippen molar-refractivity contribution in [2.45, 2.75) is 66.1 Å². The molecule has 3 rings (SSSR count). The quantitative estimate of drug-likeness (QED) is 0.654. The Bertz CT molecular complexity index is 671. The van der Waals surface area contributed by atoms with E-state index in [1.807, 2.05) is 13.8 Å². The fourth-order valence-electron chi connectivity index (χ4n) is 4.55. The van der Waals surface area contributed by atoms with E-state index >= 15 is 0 Å². The molecule has 132 valence electrons. The van der Waals surface area contributed by atoms with Crippen LogP contribution in [0.4, 0.5) is 0 Å². The van der Waals surface area contributed by atoms with E-state index in [9.17, 15) is 9.90 Å². The minimum atomic E-state index is -0.377. The third-order valence-electron chi connectivity index (χ3n) is 6.59. The number of carbonyl (C=O) groups excluding carboxylic acids is 1. The number of furan rings is 1. The molecule has 4 nitrogen and oxygen atoms in total. The molecule has 1 fully saturated rings. The zero-order valence-corrected chi connectivity index (χ0v) is 15.3. The first-order valence-corrected chi connectivity index (χ1v) is 8.89. The van der Waals surface area contributed by atoms with Gasteiger partial charge in [0.15, 0.2) is 0 Å². The van der Waals surface area contributed by atoms with Gasteiger partial charge in [0.1, 0.15) is 11.9 Å². The molecule has 5 atom stereocenters. The summed E-state index contributed by atoms with van der Waals surface area (Å²) >= 11 is 0. The van der Waals surface area contributed by atoms with Crippen molar-refractivity contribution in [2.24, 2.45) is 17.3 Å². The Balaban J connectivity index is 2.08. The number of hydrogen-bond donors (Lipinski definition) is 1. The lowest BCUT2D eigenvalue weighted by Crippen LogP contribution is -2.52. The molecule has 0 radical (unpaired) electrons. The number of rotatable bonds is 2. The van der Waals surface area contributed by atoms with Crippen molar-refractivity contribution < 1.29 is 19.1 Å². The van der Waals surface area contributed by atoms with Crippen LogP contribution in [0.15, 0.2) is 22.3 Å². The van der Waals surface area contributed by atoms with Gasteiger partial charge in [0.25, 0.3) is 0 Å². The van der Waals surface area contributed by atoms with Crippen LogP contribution >= 0.6 is 0 Å². The van der Waals surface area contributed by atoms with E-state index in [0.29, 0.717) is 11.5 Å². The number of aryl methyl sites for hydroxylation is 1. The summed E-state index contributed by atoms with van der Waals surface area (Å²) in [7, 11) is 0. The first-order chi connectivity index (χ1) is 11.3. The molecule has 0 amide bonds. The molecule has 0 saturated heterocycles. The summed E-state index contributed by atoms with van der Waals surface area (Å²) in [6.45, 7) is 9.86. The standard InChI is InChI=1S/C20H28O4/c1-6-11(2)19(22)24-18-17-12(3)10-23-16(17)9-14-7-8-15(21)13(4)20(14,18)5/h6,10,13-15,18,21H,7-9H2,1-5H3/t13-,14+,15+,18+,20+/m0/s1. The molecular weight excluding hydrogens is 304 g/mol. The Kier molecular flexibility index (Phi) is 4.37. The second-order valence-corrected chi connectivity index (χ2v) is 7.71. The summed E-state index contributed by atoms with van der Waals surface area (Å²) in [4.78, 5) is 12.5. The second-order valence-electron chi connectivity index (χ2n) is 7.71. The first kappa shape index (κ1) is 17.3. The van der Waals surface area contributed by atoms with Gasteiger partial charge >= 0.3 is 5.97 Å². The number of hydrogen-bond acceptors (Lipinski definition) is 4. The average Bonchev–Trinajstić information content (AvgIpc) is 2.93. The predicted molar refractivity (Wildman–Crippen MR) is 91.4 cm³/mol. The molecule has 0 aliphatic heterocycles. The second kappa shape index (κ2) is 6.07. The maximum Gasteiger partial charge on any atom is 0.334 e. The highest BCUT2D eigenvalue weighted by Crippen LogP contribution is 2.59. The summed E-state index contributed by atoms with van der Waals surface area (Å²) in [6, 6.07) is 0. The maximum atomic E-state index is 12.5. The lowest BCUT2D eigenvalue weighted by molar-refractivity contribution is -0.174. The number of carbonyl (C=O) groups is 1. The van der Waals surface area contributed by atoms with Crippen LogP contribution < -0.4 is 0 Å². The van der Waals surface area contributed by atoms with Gasteiger partial charge in [0.05, 0.1) is 12.4 Å². The van der Waals surface area contributed by atoms with Crippen molar-refractivity contribution in [1.29, 1.82) is 0 Å². The SMILES string of the molecule is CC=C(C)C(=O)O[C@@H]1c2c(C)coc2C[C@H]2CC[C@@H](O)[C@H](C)[C@]21C. The maximum absolute atomic E-state index is 12.5. The van der Waals surface area contributed by atoms with Crippen LogP contribution in [0.2, 0.25) is 0 Å². The van der Waals surface area contributed by atoms with Crippen LogP contribution in [0.3, 0.4) is 0 Å². The normalized spacial score (nSPS) is 36.0. The molecule has 0 bridgehead atoms. The van der Waals surface area contributed by atoms with E-state index in [4.69, 9.17) is 9.15 Å². The average molecular weight is 332 g/mol. The Morgan fingerprint density at radius 1 is 1.46 bits per heavy atom. The number of allylic oxidation sites excluding steroid dienone is 1. The number of ether oxygens (including phenoxy) is 1. The lowest BCUT2D eigenvalue weighted by atomic mass is 9.53. The smallest absolute Gasteiger partial charge is 0.334 e. The molecule has 24 heavy (non-hydrogen) atoms. The van der Waals surface area contributed by atoms with Crippen molar-refractivity contribution in [3.63, 3.8) is 0 Å². The topological polar surface area (TPSA) is 59.7 Å². The van der Waals surface area contributed by atoms with Gasteiger partial charge < -0.3 is 14.3 Å². The molecule has 2 aliphatic rings. The highest BCUT2D eigenvalue weighted by atomic mass is 16.5. The summed E-state index contributed by atoms with van der Waals surface area (Å²) in [6.07, 6.45) is 5.38. The third kappa shape index (κ3) is 2.43. The molecule has 1 N–H and O–H groups in total. The van der Waals surface area contributed by atoms with Gasteiger partial charge in [-0.15, -0.1) is 0 Å². The van der Waals surface area contributed by atoms with Crippen molar-refractivity contribution >= 4 is 5.97 Å². The van der Waals surface area contributed by atoms with Crippen molar-refractivity contribution in [1.82, 2.24) is 0 Å². The third-order valence-corrected chi connectivity index (χ3v) is 6.59. The largest absolute Gasteiger partial charge is 0.469 e. The number of esters is 1. The predicted octanol–water partition coefficient (Wildman–Crippen LogP) is 4.11. The molecule has 1 saturated carbocycles. The van der Waals surface area contributed by atoms with E-state index in [0.717, 1.165) is 36.1 Å². The van der Waals surface area contributed by atoms with Gasteiger partial charge in [0.2, 0.25) is 0 Å². The van der Waals surface area contributed by atoms with Crippen LogP contribution in [0, 0.1) is 24.2 Å². The summed E-state index contributed by atoms with van der Waals surface area (Å²) in [5.74, 6) is 1.05. The first-order valence-electron chi connectivity index (χ1n) is 8.89. The highest BCUT2D eigenvalue weighted by Gasteiger charge is 2.56. The van der Waals surface area contributed by atoms with Crippen LogP contribution in [0.25, 0.3) is 0 Å². The van der Waals surface area contributed by atoms with Crippen LogP contribution in [-0.2, 0) is 16.0 Å². The van der Waals surface area contributed by atoms with Crippen molar-refractivity contribution in [2.75, 3.05) is 0 Å². The molecule has 0 spiro atoms. The fourth-order valence-corrected chi connectivity index (χ4v) is 4.55. The molecule has 0 unspecified atom stereocenters. The van der Waals surface area contributed by atoms with Gasteiger partial charge in [-0.05, 0) is 51.0 Å². The summed E-state index contributed by atoms with van der Waals surface area (Å²) < 4.78 is 11.8. The van der Waals surface area contributed by atoms with Crippen LogP contribution in [0.5, 0.6) is 0 Å². The zero-order valence-electron chi connectivity index (χ0n) is 15.3. The van der Waals surface area contributed by atoms with Crippen LogP contribution in [-0.4, -0.2) is 17.2 Å². The van der Waals surface area contributed by atoms with E-state index in [1.54, 1.807) is 19.3 Å². The summed E-state index contributed by atoms with van der Waals surface area (Å²) in [5, 5.41) is 10.5. The van der Waals surface area contributed by atoms with E-state index < -0.39 is 0 Å². The van der Waals surface area contributed by atoms with Gasteiger partial charge in [-0.3, -0.25) is 0 Å². The van der Waals surface area contributed by atoms with Gasteiger partial charge in [-0.1, -0.05) is 19.9 Å². The Morgan fingerprint density at radius 3 is 2.83 bits per heavy atom. The van der Waals surface area contributed by atoms with E-state index in [-0.39, 0.29) is 29.5 Å². The molecule has 1 aromatic rings. The molecule has 2 aliphatic carbocycles. The number of aliphatic hydroxyl groups excluding tert-OH is 1. The molecule has 0 aromatic carbocycles. The number of aliphatic hydroxyl groups is 1. The van der Waals surface area contributed by atoms with Gasteiger partial charge in [0, 0.05) is 23.0 Å². The van der Waals surface area contributed by atoms with Crippen LogP contribution in [0.1, 0.15) is 63.5 Å². The Hall–Kier alpha value is -1.55.